The van der Waals surface area contributed by atoms with Crippen molar-refractivity contribution in [3.8, 4) is 0 Å². The molecule has 0 saturated heterocycles. The first kappa shape index (κ1) is 17.7. The standard InChI is InChI=1S/C14H29N3O2/c1-12(2)11-13(18)16-9-7-5-4-6-8-10-17-14(15)19-3/h12H,4-11H2,1-3H3,(H2,15,17)(H,16,18). The van der Waals surface area contributed by atoms with Crippen LogP contribution in [0.4, 0.5) is 0 Å². The minimum Gasteiger partial charge on any atom is -0.469 e. The van der Waals surface area contributed by atoms with E-state index in [4.69, 9.17) is 10.5 Å². The molecule has 0 radical (unpaired) electrons. The Morgan fingerprint density at radius 2 is 1.84 bits per heavy atom. The van der Waals surface area contributed by atoms with Gasteiger partial charge in [0.2, 0.25) is 5.91 Å². The summed E-state index contributed by atoms with van der Waals surface area (Å²) in [5.41, 5.74) is 5.40. The lowest BCUT2D eigenvalue weighted by atomic mass is 10.1. The number of ether oxygens (including phenoxy) is 1. The average Bonchev–Trinajstić information content (AvgIpc) is 2.35. The lowest BCUT2D eigenvalue weighted by molar-refractivity contribution is -0.121. The molecule has 0 atom stereocenters. The molecule has 0 fully saturated rings. The lowest BCUT2D eigenvalue weighted by Crippen LogP contribution is -2.25. The normalized spacial score (nSPS) is 11.7. The minimum atomic E-state index is 0.166. The molecule has 0 unspecified atom stereocenters. The quantitative estimate of drug-likeness (QED) is 0.363. The summed E-state index contributed by atoms with van der Waals surface area (Å²) in [6.07, 6.45) is 6.16. The molecule has 19 heavy (non-hydrogen) atoms. The third-order valence-electron chi connectivity index (χ3n) is 2.73. The maximum absolute atomic E-state index is 11.4. The van der Waals surface area contributed by atoms with Gasteiger partial charge in [0.05, 0.1) is 7.11 Å². The van der Waals surface area contributed by atoms with Crippen LogP contribution in [0.3, 0.4) is 0 Å². The third-order valence-corrected chi connectivity index (χ3v) is 2.73. The monoisotopic (exact) mass is 271 g/mol. The topological polar surface area (TPSA) is 76.7 Å². The van der Waals surface area contributed by atoms with E-state index in [0.717, 1.165) is 38.8 Å². The summed E-state index contributed by atoms with van der Waals surface area (Å²) < 4.78 is 4.75. The molecule has 1 amide bonds. The summed E-state index contributed by atoms with van der Waals surface area (Å²) in [6.45, 7) is 5.63. The summed E-state index contributed by atoms with van der Waals surface area (Å²) in [6, 6.07) is 0.257. The number of nitrogens with one attached hydrogen (secondary N) is 1. The molecule has 0 aliphatic rings. The first-order chi connectivity index (χ1) is 9.06. The molecule has 0 aliphatic carbocycles. The van der Waals surface area contributed by atoms with Gasteiger partial charge in [-0.2, -0.15) is 0 Å². The Balaban J connectivity index is 3.26. The molecule has 0 aromatic rings. The van der Waals surface area contributed by atoms with Gasteiger partial charge in [-0.15, -0.1) is 0 Å². The number of hydrogen-bond acceptors (Lipinski definition) is 3. The zero-order chi connectivity index (χ0) is 14.5. The second kappa shape index (κ2) is 11.8. The molecular weight excluding hydrogens is 242 g/mol. The highest BCUT2D eigenvalue weighted by atomic mass is 16.5. The number of methoxy groups -OCH3 is 1. The maximum atomic E-state index is 11.4. The molecule has 0 aromatic heterocycles. The Bertz CT molecular complexity index is 265. The highest BCUT2D eigenvalue weighted by Crippen LogP contribution is 2.03. The third kappa shape index (κ3) is 13.0. The first-order valence-corrected chi connectivity index (χ1v) is 7.17. The van der Waals surface area contributed by atoms with Crippen LogP contribution in [0.1, 0.15) is 52.4 Å². The Morgan fingerprint density at radius 1 is 1.21 bits per heavy atom. The molecule has 112 valence electrons. The second-order valence-electron chi connectivity index (χ2n) is 5.14. The maximum Gasteiger partial charge on any atom is 0.281 e. The summed E-state index contributed by atoms with van der Waals surface area (Å²) in [5, 5.41) is 2.94. The van der Waals surface area contributed by atoms with Gasteiger partial charge in [-0.05, 0) is 18.8 Å². The van der Waals surface area contributed by atoms with Crippen molar-refractivity contribution in [1.82, 2.24) is 5.32 Å². The molecule has 0 saturated carbocycles. The van der Waals surface area contributed by atoms with Crippen molar-refractivity contribution in [2.24, 2.45) is 16.6 Å². The molecule has 0 rings (SSSR count). The van der Waals surface area contributed by atoms with Gasteiger partial charge in [0, 0.05) is 19.5 Å². The summed E-state index contributed by atoms with van der Waals surface area (Å²) in [5.74, 6) is 0.597. The van der Waals surface area contributed by atoms with Gasteiger partial charge >= 0.3 is 0 Å². The van der Waals surface area contributed by atoms with Crippen molar-refractivity contribution in [2.45, 2.75) is 52.4 Å². The number of rotatable bonds is 10. The van der Waals surface area contributed by atoms with E-state index < -0.39 is 0 Å². The zero-order valence-electron chi connectivity index (χ0n) is 12.6. The predicted octanol–water partition coefficient (Wildman–Crippen LogP) is 2.06. The van der Waals surface area contributed by atoms with Gasteiger partial charge in [-0.1, -0.05) is 33.1 Å². The number of unbranched alkanes of at least 4 members (excludes halogenated alkanes) is 4. The van der Waals surface area contributed by atoms with E-state index in [0.29, 0.717) is 12.3 Å². The number of hydrogen-bond donors (Lipinski definition) is 2. The van der Waals surface area contributed by atoms with E-state index in [1.54, 1.807) is 0 Å². The number of amidine groups is 1. The lowest BCUT2D eigenvalue weighted by Gasteiger charge is -2.06. The van der Waals surface area contributed by atoms with Crippen molar-refractivity contribution in [3.63, 3.8) is 0 Å². The van der Waals surface area contributed by atoms with Crippen LogP contribution in [0, 0.1) is 5.92 Å². The van der Waals surface area contributed by atoms with Crippen LogP contribution in [-0.4, -0.2) is 32.1 Å². The van der Waals surface area contributed by atoms with Crippen LogP contribution >= 0.6 is 0 Å². The van der Waals surface area contributed by atoms with E-state index in [9.17, 15) is 4.79 Å². The second-order valence-corrected chi connectivity index (χ2v) is 5.14. The smallest absolute Gasteiger partial charge is 0.281 e. The van der Waals surface area contributed by atoms with Gasteiger partial charge in [-0.3, -0.25) is 4.79 Å². The van der Waals surface area contributed by atoms with E-state index >= 15 is 0 Å². The number of nitrogens with two attached hydrogens (primary N) is 1. The molecule has 0 heterocycles. The SMILES string of the molecule is COC(N)=NCCCCCCCNC(=O)CC(C)C. The Hall–Kier alpha value is -1.26. The van der Waals surface area contributed by atoms with Crippen LogP contribution in [-0.2, 0) is 9.53 Å². The Kier molecular flexibility index (Phi) is 11.0. The molecule has 3 N–H and O–H groups in total. The summed E-state index contributed by atoms with van der Waals surface area (Å²) >= 11 is 0. The molecular formula is C14H29N3O2. The summed E-state index contributed by atoms with van der Waals surface area (Å²) in [7, 11) is 1.52. The number of nitrogens with zero attached hydrogens (tertiary/aromatic N) is 1. The van der Waals surface area contributed by atoms with Crippen LogP contribution < -0.4 is 11.1 Å². The Labute approximate surface area is 117 Å². The van der Waals surface area contributed by atoms with Crippen molar-refractivity contribution < 1.29 is 9.53 Å². The van der Waals surface area contributed by atoms with Crippen LogP contribution in [0.2, 0.25) is 0 Å². The fourth-order valence-electron chi connectivity index (χ4n) is 1.69. The van der Waals surface area contributed by atoms with Crippen molar-refractivity contribution >= 4 is 11.9 Å². The fraction of sp³-hybridized carbons (Fsp3) is 0.857. The molecule has 5 nitrogen and oxygen atoms in total. The summed E-state index contributed by atoms with van der Waals surface area (Å²) in [4.78, 5) is 15.4. The van der Waals surface area contributed by atoms with E-state index in [1.807, 2.05) is 0 Å². The number of carbonyl (C=O) groups excluding carboxylic acids is 1. The highest BCUT2D eigenvalue weighted by Gasteiger charge is 2.02. The van der Waals surface area contributed by atoms with Crippen molar-refractivity contribution in [2.75, 3.05) is 20.2 Å². The fourth-order valence-corrected chi connectivity index (χ4v) is 1.69. The van der Waals surface area contributed by atoms with Gasteiger partial charge < -0.3 is 15.8 Å². The molecule has 0 aliphatic heterocycles. The largest absolute Gasteiger partial charge is 0.469 e. The Morgan fingerprint density at radius 3 is 2.47 bits per heavy atom. The van der Waals surface area contributed by atoms with Gasteiger partial charge in [-0.25, -0.2) is 4.99 Å². The predicted molar refractivity (Wildman–Crippen MR) is 79.0 cm³/mol. The molecule has 5 heteroatoms. The highest BCUT2D eigenvalue weighted by molar-refractivity contribution is 5.75. The van der Waals surface area contributed by atoms with E-state index in [-0.39, 0.29) is 11.9 Å². The van der Waals surface area contributed by atoms with Gasteiger partial charge in [0.25, 0.3) is 6.02 Å². The van der Waals surface area contributed by atoms with Crippen molar-refractivity contribution in [3.05, 3.63) is 0 Å². The minimum absolute atomic E-state index is 0.166. The molecule has 0 spiro atoms. The van der Waals surface area contributed by atoms with Crippen LogP contribution in [0.5, 0.6) is 0 Å². The van der Waals surface area contributed by atoms with E-state index in [2.05, 4.69) is 24.2 Å². The van der Waals surface area contributed by atoms with E-state index in [1.165, 1.54) is 13.5 Å². The molecule has 0 aromatic carbocycles. The average molecular weight is 271 g/mol. The van der Waals surface area contributed by atoms with Gasteiger partial charge in [0.15, 0.2) is 0 Å². The number of carbonyl (C=O) groups is 1. The zero-order valence-corrected chi connectivity index (χ0v) is 12.6. The van der Waals surface area contributed by atoms with Crippen LogP contribution in [0.15, 0.2) is 4.99 Å². The molecule has 0 bridgehead atoms. The van der Waals surface area contributed by atoms with Gasteiger partial charge in [0.1, 0.15) is 0 Å². The number of amides is 1. The first-order valence-electron chi connectivity index (χ1n) is 7.17. The van der Waals surface area contributed by atoms with Crippen LogP contribution in [0.25, 0.3) is 0 Å². The number of aliphatic imine (C=N–C) groups is 1. The van der Waals surface area contributed by atoms with Crippen molar-refractivity contribution in [1.29, 1.82) is 0 Å².